The van der Waals surface area contributed by atoms with E-state index in [2.05, 4.69) is 18.9 Å². The van der Waals surface area contributed by atoms with Crippen LogP contribution >= 0.6 is 0 Å². The van der Waals surface area contributed by atoms with Gasteiger partial charge >= 0.3 is 0 Å². The zero-order valence-electron chi connectivity index (χ0n) is 14.5. The number of carbonyl (C=O) groups excluding carboxylic acids is 2. The molecule has 0 spiro atoms. The molecule has 1 aromatic heterocycles. The summed E-state index contributed by atoms with van der Waals surface area (Å²) in [6.07, 6.45) is 0.737. The van der Waals surface area contributed by atoms with E-state index in [0.29, 0.717) is 18.8 Å². The average Bonchev–Trinajstić information content (AvgIpc) is 3.03. The largest absolute Gasteiger partial charge is 0.364 e. The van der Waals surface area contributed by atoms with Gasteiger partial charge in [0.2, 0.25) is 0 Å². The average molecular weight is 341 g/mol. The number of piperidine rings is 1. The zero-order valence-corrected chi connectivity index (χ0v) is 14.5. The SMILES string of the molecule is CC1(C)CN(C(=O)c2cc(C(N)=O)n(-c3ccccc3)n2)CCC1N. The third-order valence-corrected chi connectivity index (χ3v) is 4.78. The van der Waals surface area contributed by atoms with Crippen LogP contribution in [0.1, 0.15) is 41.2 Å². The van der Waals surface area contributed by atoms with Crippen molar-refractivity contribution in [2.45, 2.75) is 26.3 Å². The molecule has 0 saturated carbocycles. The van der Waals surface area contributed by atoms with E-state index >= 15 is 0 Å². The molecule has 0 bridgehead atoms. The Hall–Kier alpha value is -2.67. The number of para-hydroxylation sites is 1. The van der Waals surface area contributed by atoms with Crippen molar-refractivity contribution in [2.75, 3.05) is 13.1 Å². The second-order valence-electron chi connectivity index (χ2n) is 7.14. The predicted molar refractivity (Wildman–Crippen MR) is 94.4 cm³/mol. The van der Waals surface area contributed by atoms with E-state index < -0.39 is 5.91 Å². The third kappa shape index (κ3) is 3.28. The number of benzene rings is 1. The Labute approximate surface area is 146 Å². The van der Waals surface area contributed by atoms with E-state index in [1.54, 1.807) is 17.0 Å². The molecule has 132 valence electrons. The lowest BCUT2D eigenvalue weighted by Crippen LogP contribution is -2.54. The first-order valence-corrected chi connectivity index (χ1v) is 8.30. The molecule has 1 fully saturated rings. The normalized spacial score (nSPS) is 19.6. The Kier molecular flexibility index (Phi) is 4.34. The quantitative estimate of drug-likeness (QED) is 0.873. The maximum absolute atomic E-state index is 12.9. The molecule has 7 nitrogen and oxygen atoms in total. The van der Waals surface area contributed by atoms with Crippen molar-refractivity contribution >= 4 is 11.8 Å². The Morgan fingerprint density at radius 3 is 2.52 bits per heavy atom. The van der Waals surface area contributed by atoms with Gasteiger partial charge in [-0.3, -0.25) is 9.59 Å². The standard InChI is InChI=1S/C18H23N5O2/c1-18(2)11-22(9-8-15(18)19)17(25)13-10-14(16(20)24)23(21-13)12-6-4-3-5-7-12/h3-7,10,15H,8-9,11,19H2,1-2H3,(H2,20,24). The molecular weight excluding hydrogens is 318 g/mol. The molecular formula is C18H23N5O2. The molecule has 25 heavy (non-hydrogen) atoms. The summed E-state index contributed by atoms with van der Waals surface area (Å²) < 4.78 is 1.41. The van der Waals surface area contributed by atoms with Gasteiger partial charge in [0.1, 0.15) is 5.69 Å². The molecule has 2 aromatic rings. The fraction of sp³-hybridized carbons (Fsp3) is 0.389. The molecule has 1 aliphatic heterocycles. The van der Waals surface area contributed by atoms with Gasteiger partial charge in [-0.15, -0.1) is 0 Å². The van der Waals surface area contributed by atoms with Gasteiger partial charge in [-0.05, 0) is 24.0 Å². The molecule has 0 aliphatic carbocycles. The summed E-state index contributed by atoms with van der Waals surface area (Å²) in [7, 11) is 0. The lowest BCUT2D eigenvalue weighted by Gasteiger charge is -2.42. The van der Waals surface area contributed by atoms with Crippen LogP contribution in [-0.4, -0.2) is 45.6 Å². The highest BCUT2D eigenvalue weighted by Crippen LogP contribution is 2.28. The van der Waals surface area contributed by atoms with Crippen LogP contribution in [0.2, 0.25) is 0 Å². The van der Waals surface area contributed by atoms with Crippen LogP contribution in [0.4, 0.5) is 0 Å². The van der Waals surface area contributed by atoms with Gasteiger partial charge in [-0.25, -0.2) is 4.68 Å². The van der Waals surface area contributed by atoms with E-state index in [1.165, 1.54) is 10.7 Å². The van der Waals surface area contributed by atoms with Gasteiger partial charge in [0, 0.05) is 25.2 Å². The van der Waals surface area contributed by atoms with Crippen molar-refractivity contribution < 1.29 is 9.59 Å². The number of likely N-dealkylation sites (tertiary alicyclic amines) is 1. The molecule has 2 amide bonds. The van der Waals surface area contributed by atoms with Crippen LogP contribution in [-0.2, 0) is 0 Å². The Morgan fingerprint density at radius 2 is 1.92 bits per heavy atom. The summed E-state index contributed by atoms with van der Waals surface area (Å²) >= 11 is 0. The topological polar surface area (TPSA) is 107 Å². The fourth-order valence-corrected chi connectivity index (χ4v) is 3.14. The number of aromatic nitrogens is 2. The van der Waals surface area contributed by atoms with Crippen LogP contribution in [0.3, 0.4) is 0 Å². The first-order valence-electron chi connectivity index (χ1n) is 8.30. The second-order valence-corrected chi connectivity index (χ2v) is 7.14. The minimum absolute atomic E-state index is 0.0552. The van der Waals surface area contributed by atoms with Crippen molar-refractivity contribution in [3.63, 3.8) is 0 Å². The monoisotopic (exact) mass is 341 g/mol. The number of carbonyl (C=O) groups is 2. The Morgan fingerprint density at radius 1 is 1.24 bits per heavy atom. The molecule has 3 rings (SSSR count). The van der Waals surface area contributed by atoms with Crippen LogP contribution < -0.4 is 11.5 Å². The Balaban J connectivity index is 1.93. The summed E-state index contributed by atoms with van der Waals surface area (Å²) in [5.74, 6) is -0.839. The molecule has 2 heterocycles. The second kappa shape index (κ2) is 6.33. The predicted octanol–water partition coefficient (Wildman–Crippen LogP) is 1.17. The fourth-order valence-electron chi connectivity index (χ4n) is 3.14. The molecule has 0 radical (unpaired) electrons. The zero-order chi connectivity index (χ0) is 18.2. The summed E-state index contributed by atoms with van der Waals surface area (Å²) in [5, 5.41) is 4.34. The van der Waals surface area contributed by atoms with Crippen molar-refractivity contribution in [1.29, 1.82) is 0 Å². The minimum atomic E-state index is -0.628. The number of nitrogens with two attached hydrogens (primary N) is 2. The highest BCUT2D eigenvalue weighted by Gasteiger charge is 2.36. The van der Waals surface area contributed by atoms with E-state index in [4.69, 9.17) is 11.5 Å². The summed E-state index contributed by atoms with van der Waals surface area (Å²) in [6.45, 7) is 5.23. The molecule has 1 aliphatic rings. The summed E-state index contributed by atoms with van der Waals surface area (Å²) in [5.41, 5.74) is 12.5. The maximum Gasteiger partial charge on any atom is 0.274 e. The van der Waals surface area contributed by atoms with Gasteiger partial charge in [0.15, 0.2) is 5.69 Å². The lowest BCUT2D eigenvalue weighted by molar-refractivity contribution is 0.0527. The molecule has 7 heteroatoms. The van der Waals surface area contributed by atoms with Gasteiger partial charge in [-0.2, -0.15) is 5.10 Å². The van der Waals surface area contributed by atoms with Crippen LogP contribution in [0.5, 0.6) is 0 Å². The minimum Gasteiger partial charge on any atom is -0.364 e. The molecule has 1 unspecified atom stereocenters. The third-order valence-electron chi connectivity index (χ3n) is 4.78. The van der Waals surface area contributed by atoms with Crippen LogP contribution in [0.15, 0.2) is 36.4 Å². The van der Waals surface area contributed by atoms with Gasteiger partial charge in [0.25, 0.3) is 11.8 Å². The van der Waals surface area contributed by atoms with Crippen molar-refractivity contribution in [2.24, 2.45) is 16.9 Å². The number of hydrogen-bond donors (Lipinski definition) is 2. The number of nitrogens with zero attached hydrogens (tertiary/aromatic N) is 3. The molecule has 1 atom stereocenters. The number of primary amides is 1. The van der Waals surface area contributed by atoms with Gasteiger partial charge in [-0.1, -0.05) is 32.0 Å². The maximum atomic E-state index is 12.9. The van der Waals surface area contributed by atoms with E-state index in [9.17, 15) is 9.59 Å². The smallest absolute Gasteiger partial charge is 0.274 e. The van der Waals surface area contributed by atoms with Crippen molar-refractivity contribution in [3.05, 3.63) is 47.8 Å². The number of hydrogen-bond acceptors (Lipinski definition) is 4. The first kappa shape index (κ1) is 17.2. The summed E-state index contributed by atoms with van der Waals surface area (Å²) in [6, 6.07) is 10.6. The molecule has 1 saturated heterocycles. The van der Waals surface area contributed by atoms with E-state index in [1.807, 2.05) is 18.2 Å². The lowest BCUT2D eigenvalue weighted by atomic mass is 9.79. The van der Waals surface area contributed by atoms with E-state index in [-0.39, 0.29) is 28.8 Å². The molecule has 1 aromatic carbocycles. The highest BCUT2D eigenvalue weighted by molar-refractivity contribution is 5.97. The van der Waals surface area contributed by atoms with Crippen LogP contribution in [0.25, 0.3) is 5.69 Å². The number of amides is 2. The van der Waals surface area contributed by atoms with Gasteiger partial charge < -0.3 is 16.4 Å². The van der Waals surface area contributed by atoms with Gasteiger partial charge in [0.05, 0.1) is 5.69 Å². The Bertz CT molecular complexity index is 797. The first-order chi connectivity index (χ1) is 11.8. The molecule has 4 N–H and O–H groups in total. The van der Waals surface area contributed by atoms with E-state index in [0.717, 1.165) is 6.42 Å². The summed E-state index contributed by atoms with van der Waals surface area (Å²) in [4.78, 5) is 26.4. The number of rotatable bonds is 3. The highest BCUT2D eigenvalue weighted by atomic mass is 16.2. The van der Waals surface area contributed by atoms with Crippen LogP contribution in [0, 0.1) is 5.41 Å². The van der Waals surface area contributed by atoms with Crippen molar-refractivity contribution in [3.8, 4) is 5.69 Å². The van der Waals surface area contributed by atoms with Crippen molar-refractivity contribution in [1.82, 2.24) is 14.7 Å².